The van der Waals surface area contributed by atoms with E-state index in [1.54, 1.807) is 0 Å². The van der Waals surface area contributed by atoms with Crippen LogP contribution in [0.15, 0.2) is 291 Å². The summed E-state index contributed by atoms with van der Waals surface area (Å²) in [5.74, 6) is 0. The first-order valence-corrected chi connectivity index (χ1v) is 26.3. The second kappa shape index (κ2) is 17.9. The zero-order valence-corrected chi connectivity index (χ0v) is 41.6. The molecule has 0 aliphatic carbocycles. The maximum Gasteiger partial charge on any atom is 0.0620 e. The lowest BCUT2D eigenvalue weighted by atomic mass is 9.94. The lowest BCUT2D eigenvalue weighted by Crippen LogP contribution is -2.01. The Bertz CT molecular complexity index is 4390. The summed E-state index contributed by atoms with van der Waals surface area (Å²) in [4.78, 5) is 0. The Labute approximate surface area is 441 Å². The van der Waals surface area contributed by atoms with Crippen LogP contribution in [-0.2, 0) is 0 Å². The van der Waals surface area contributed by atoms with Crippen LogP contribution in [0.25, 0.3) is 143 Å². The average Bonchev–Trinajstić information content (AvgIpc) is 4.21. The fourth-order valence-corrected chi connectivity index (χ4v) is 12.5. The molecule has 2 heteroatoms. The molecule has 0 amide bonds. The number of fused-ring (bicyclic) bond motifs is 9. The molecule has 0 unspecified atom stereocenters. The third-order valence-electron chi connectivity index (χ3n) is 15.7. The van der Waals surface area contributed by atoms with Gasteiger partial charge in [0.15, 0.2) is 0 Å². The highest BCUT2D eigenvalue weighted by Crippen LogP contribution is 2.51. The van der Waals surface area contributed by atoms with Crippen LogP contribution in [0, 0.1) is 0 Å². The lowest BCUT2D eigenvalue weighted by molar-refractivity contribution is 1.15. The highest BCUT2D eigenvalue weighted by Gasteiger charge is 2.28. The van der Waals surface area contributed by atoms with Crippen LogP contribution in [0.5, 0.6) is 0 Å². The van der Waals surface area contributed by atoms with Crippen molar-refractivity contribution in [2.24, 2.45) is 0 Å². The van der Waals surface area contributed by atoms with Gasteiger partial charge in [0.1, 0.15) is 0 Å². The van der Waals surface area contributed by atoms with Gasteiger partial charge in [0, 0.05) is 43.4 Å². The molecule has 0 aliphatic rings. The molecular weight excluding hydrogens is 917 g/mol. The molecule has 0 radical (unpaired) electrons. The first kappa shape index (κ1) is 43.6. The van der Waals surface area contributed by atoms with Gasteiger partial charge in [0.2, 0.25) is 0 Å². The van der Waals surface area contributed by atoms with E-state index >= 15 is 0 Å². The van der Waals surface area contributed by atoms with E-state index in [1.165, 1.54) is 121 Å². The van der Waals surface area contributed by atoms with Gasteiger partial charge in [-0.15, -0.1) is 0 Å². The van der Waals surface area contributed by atoms with Crippen molar-refractivity contribution < 1.29 is 0 Å². The molecule has 0 N–H and O–H groups in total. The fourth-order valence-electron chi connectivity index (χ4n) is 12.5. The number of rotatable bonds is 8. The number of hydrogen-bond acceptors (Lipinski definition) is 0. The molecule has 0 fully saturated rings. The van der Waals surface area contributed by atoms with Crippen molar-refractivity contribution in [3.05, 3.63) is 291 Å². The summed E-state index contributed by atoms with van der Waals surface area (Å²) >= 11 is 0. The second-order valence-electron chi connectivity index (χ2n) is 19.8. The highest BCUT2D eigenvalue weighted by molar-refractivity contribution is 6.27. The first-order chi connectivity index (χ1) is 37.8. The molecule has 2 heterocycles. The van der Waals surface area contributed by atoms with Crippen LogP contribution in [0.2, 0.25) is 0 Å². The van der Waals surface area contributed by atoms with Crippen LogP contribution in [0.4, 0.5) is 0 Å². The van der Waals surface area contributed by atoms with Crippen LogP contribution in [0.3, 0.4) is 0 Å². The molecule has 354 valence electrons. The number of hydrogen-bond donors (Lipinski definition) is 0. The Hall–Kier alpha value is -10.0. The molecule has 15 aromatic rings. The van der Waals surface area contributed by atoms with Gasteiger partial charge in [0.25, 0.3) is 0 Å². The monoisotopic (exact) mass is 964 g/mol. The normalized spacial score (nSPS) is 11.7. The molecule has 0 atom stereocenters. The number of aromatic nitrogens is 2. The van der Waals surface area contributed by atoms with E-state index in [9.17, 15) is 0 Å². The summed E-state index contributed by atoms with van der Waals surface area (Å²) < 4.78 is 5.17. The molecule has 0 saturated heterocycles. The van der Waals surface area contributed by atoms with Crippen molar-refractivity contribution in [3.8, 4) is 78.4 Å². The Morgan fingerprint density at radius 3 is 0.803 bits per heavy atom. The maximum absolute atomic E-state index is 2.58. The van der Waals surface area contributed by atoms with Crippen LogP contribution in [-0.4, -0.2) is 9.13 Å². The van der Waals surface area contributed by atoms with Crippen molar-refractivity contribution in [1.29, 1.82) is 0 Å². The maximum atomic E-state index is 2.58. The summed E-state index contributed by atoms with van der Waals surface area (Å²) in [5, 5.41) is 12.0. The zero-order valence-electron chi connectivity index (χ0n) is 41.6. The van der Waals surface area contributed by atoms with Gasteiger partial charge in [-0.1, -0.05) is 279 Å². The quantitative estimate of drug-likeness (QED) is 0.134. The van der Waals surface area contributed by atoms with Gasteiger partial charge in [-0.25, -0.2) is 0 Å². The topological polar surface area (TPSA) is 9.86 Å². The molecule has 13 aromatic carbocycles. The highest BCUT2D eigenvalue weighted by atomic mass is 15.0. The minimum atomic E-state index is 1.14. The van der Waals surface area contributed by atoms with E-state index in [2.05, 4.69) is 300 Å². The summed E-state index contributed by atoms with van der Waals surface area (Å²) in [6.45, 7) is 0. The summed E-state index contributed by atoms with van der Waals surface area (Å²) in [6, 6.07) is 107. The number of benzene rings is 13. The predicted molar refractivity (Wildman–Crippen MR) is 323 cm³/mol. The van der Waals surface area contributed by atoms with Crippen LogP contribution < -0.4 is 0 Å². The molecule has 0 aliphatic heterocycles. The van der Waals surface area contributed by atoms with E-state index in [0.29, 0.717) is 0 Å². The first-order valence-electron chi connectivity index (χ1n) is 26.3. The van der Waals surface area contributed by atoms with Gasteiger partial charge in [-0.05, 0) is 78.2 Å². The predicted octanol–water partition coefficient (Wildman–Crippen LogP) is 20.2. The van der Waals surface area contributed by atoms with Gasteiger partial charge in [-0.3, -0.25) is 0 Å². The molecular formula is C74H48N2. The SMILES string of the molecule is c1ccc(-c2ccc(-n3c(-c4ccccc4)c(-c4ccccc4)c4ccc5c6ccc7c(-c8ccccc8)c(-c8ccccc8)n(-c8ccc(-c9ccccc9)c9ccccc89)c7c6ccc5c43)c3ccccc23)cc1. The Morgan fingerprint density at radius 2 is 0.447 bits per heavy atom. The standard InChI is InChI=1S/C74H48N2/c1-7-23-49(24-8-1)55-45-47-67(61-37-21-19-35-57(55)61)75-71(53-31-15-5-16-32-53)69(51-27-11-3-12-28-51)65-43-39-59-60-40-44-66-70(52-29-13-4-14-30-52)72(54-33-17-6-18-34-54)76(74(66)64(60)42-41-63(59)73(65)75)68-48-46-56(50-25-9-2-10-26-50)58-36-20-22-38-62(58)68/h1-48H. The summed E-state index contributed by atoms with van der Waals surface area (Å²) in [5.41, 5.74) is 19.0. The number of nitrogens with zero attached hydrogens (tertiary/aromatic N) is 2. The van der Waals surface area contributed by atoms with E-state index in [1.807, 2.05) is 0 Å². The average molecular weight is 965 g/mol. The van der Waals surface area contributed by atoms with E-state index in [-0.39, 0.29) is 0 Å². The third-order valence-corrected chi connectivity index (χ3v) is 15.7. The van der Waals surface area contributed by atoms with Crippen molar-refractivity contribution in [3.63, 3.8) is 0 Å². The van der Waals surface area contributed by atoms with Crippen LogP contribution >= 0.6 is 0 Å². The smallest absolute Gasteiger partial charge is 0.0620 e. The molecule has 0 spiro atoms. The molecule has 2 nitrogen and oxygen atoms in total. The van der Waals surface area contributed by atoms with E-state index < -0.39 is 0 Å². The second-order valence-corrected chi connectivity index (χ2v) is 19.8. The summed E-state index contributed by atoms with van der Waals surface area (Å²) in [6.07, 6.45) is 0. The third kappa shape index (κ3) is 6.81. The minimum absolute atomic E-state index is 1.14. The molecule has 15 rings (SSSR count). The molecule has 0 bridgehead atoms. The van der Waals surface area contributed by atoms with E-state index in [4.69, 9.17) is 0 Å². The molecule has 0 saturated carbocycles. The summed E-state index contributed by atoms with van der Waals surface area (Å²) in [7, 11) is 0. The lowest BCUT2D eigenvalue weighted by Gasteiger charge is -2.19. The van der Waals surface area contributed by atoms with Crippen molar-refractivity contribution >= 4 is 64.9 Å². The Kier molecular flexibility index (Phi) is 10.2. The van der Waals surface area contributed by atoms with Crippen molar-refractivity contribution in [1.82, 2.24) is 9.13 Å². The van der Waals surface area contributed by atoms with Gasteiger partial charge in [-0.2, -0.15) is 0 Å². The van der Waals surface area contributed by atoms with Crippen LogP contribution in [0.1, 0.15) is 0 Å². The Morgan fingerprint density at radius 1 is 0.171 bits per heavy atom. The van der Waals surface area contributed by atoms with Crippen molar-refractivity contribution in [2.45, 2.75) is 0 Å². The molecule has 2 aromatic heterocycles. The molecule has 76 heavy (non-hydrogen) atoms. The fraction of sp³-hybridized carbons (Fsp3) is 0. The van der Waals surface area contributed by atoms with E-state index in [0.717, 1.165) is 22.5 Å². The van der Waals surface area contributed by atoms with Gasteiger partial charge in [0.05, 0.1) is 33.8 Å². The Balaban J connectivity index is 1.10. The zero-order chi connectivity index (χ0) is 50.1. The minimum Gasteiger partial charge on any atom is -0.307 e. The van der Waals surface area contributed by atoms with Crippen molar-refractivity contribution in [2.75, 3.05) is 0 Å². The largest absolute Gasteiger partial charge is 0.307 e. The van der Waals surface area contributed by atoms with Gasteiger partial charge >= 0.3 is 0 Å². The van der Waals surface area contributed by atoms with Gasteiger partial charge < -0.3 is 9.13 Å².